The molecule has 0 spiro atoms. The summed E-state index contributed by atoms with van der Waals surface area (Å²) in [5, 5.41) is 9.21. The number of nitrogens with zero attached hydrogens (tertiary/aromatic N) is 1. The average Bonchev–Trinajstić information content (AvgIpc) is 2.53. The lowest BCUT2D eigenvalue weighted by atomic mass is 10.0. The largest absolute Gasteiger partial charge is 0.480 e. The quantitative estimate of drug-likeness (QED) is 0.906. The van der Waals surface area contributed by atoms with Crippen LogP contribution in [0.3, 0.4) is 0 Å². The number of rotatable bonds is 5. The Hall–Kier alpha value is -1.84. The van der Waals surface area contributed by atoms with E-state index in [1.54, 1.807) is 4.90 Å². The highest BCUT2D eigenvalue weighted by Crippen LogP contribution is 2.19. The highest BCUT2D eigenvalue weighted by Gasteiger charge is 2.31. The predicted molar refractivity (Wildman–Crippen MR) is 81.1 cm³/mol. The molecule has 0 radical (unpaired) electrons. The molecule has 1 aliphatic rings. The molecule has 1 aromatic carbocycles. The summed E-state index contributed by atoms with van der Waals surface area (Å²) in [4.78, 5) is 25.0. The molecule has 0 aromatic heterocycles. The molecule has 4 nitrogen and oxygen atoms in total. The minimum absolute atomic E-state index is 0.0401. The third kappa shape index (κ3) is 4.06. The Labute approximate surface area is 125 Å². The number of carboxylic acid groups (broad SMARTS) is 1. The first-order valence-electron chi connectivity index (χ1n) is 7.72. The van der Waals surface area contributed by atoms with Crippen molar-refractivity contribution in [3.8, 4) is 0 Å². The number of aliphatic carboxylic acids is 1. The van der Waals surface area contributed by atoms with Gasteiger partial charge >= 0.3 is 5.97 Å². The van der Waals surface area contributed by atoms with Crippen molar-refractivity contribution in [3.05, 3.63) is 35.4 Å². The molecule has 21 heavy (non-hydrogen) atoms. The number of hydrogen-bond donors (Lipinski definition) is 1. The summed E-state index contributed by atoms with van der Waals surface area (Å²) < 4.78 is 0. The summed E-state index contributed by atoms with van der Waals surface area (Å²) in [5.74, 6) is -0.919. The SMILES string of the molecule is CCc1ccc(CCC(=O)N2CCCC[C@H]2C(=O)O)cc1. The number of carbonyl (C=O) groups excluding carboxylic acids is 1. The third-order valence-corrected chi connectivity index (χ3v) is 4.17. The average molecular weight is 289 g/mol. The first kappa shape index (κ1) is 15.5. The van der Waals surface area contributed by atoms with Gasteiger partial charge in [0.25, 0.3) is 0 Å². The molecule has 114 valence electrons. The van der Waals surface area contributed by atoms with Gasteiger partial charge in [-0.25, -0.2) is 4.79 Å². The maximum atomic E-state index is 12.3. The molecular weight excluding hydrogens is 266 g/mol. The molecule has 1 aromatic rings. The summed E-state index contributed by atoms with van der Waals surface area (Å²) in [5.41, 5.74) is 2.41. The Kier molecular flexibility index (Phi) is 5.37. The van der Waals surface area contributed by atoms with Gasteiger partial charge in [0, 0.05) is 13.0 Å². The first-order valence-corrected chi connectivity index (χ1v) is 7.72. The maximum Gasteiger partial charge on any atom is 0.326 e. The van der Waals surface area contributed by atoms with Gasteiger partial charge in [-0.2, -0.15) is 0 Å². The Bertz CT molecular complexity index is 495. The molecule has 0 unspecified atom stereocenters. The van der Waals surface area contributed by atoms with Crippen LogP contribution < -0.4 is 0 Å². The third-order valence-electron chi connectivity index (χ3n) is 4.17. The van der Waals surface area contributed by atoms with E-state index in [1.807, 2.05) is 0 Å². The summed E-state index contributed by atoms with van der Waals surface area (Å²) >= 11 is 0. The van der Waals surface area contributed by atoms with E-state index in [0.717, 1.165) is 24.8 Å². The van der Waals surface area contributed by atoms with E-state index in [2.05, 4.69) is 31.2 Å². The number of likely N-dealkylation sites (tertiary alicyclic amines) is 1. The second kappa shape index (κ2) is 7.25. The van der Waals surface area contributed by atoms with E-state index in [1.165, 1.54) is 5.56 Å². The second-order valence-electron chi connectivity index (χ2n) is 5.61. The van der Waals surface area contributed by atoms with Crippen LogP contribution in [0.1, 0.15) is 43.7 Å². The van der Waals surface area contributed by atoms with Gasteiger partial charge in [-0.1, -0.05) is 31.2 Å². The lowest BCUT2D eigenvalue weighted by Gasteiger charge is -2.33. The van der Waals surface area contributed by atoms with E-state index < -0.39 is 12.0 Å². The summed E-state index contributed by atoms with van der Waals surface area (Å²) in [6.07, 6.45) is 4.43. The Morgan fingerprint density at radius 2 is 1.86 bits per heavy atom. The van der Waals surface area contributed by atoms with Gasteiger partial charge in [0.2, 0.25) is 5.91 Å². The van der Waals surface area contributed by atoms with Crippen LogP contribution in [-0.2, 0) is 22.4 Å². The van der Waals surface area contributed by atoms with Crippen molar-refractivity contribution in [2.45, 2.75) is 51.5 Å². The van der Waals surface area contributed by atoms with Crippen LogP contribution in [0.5, 0.6) is 0 Å². The van der Waals surface area contributed by atoms with Gasteiger partial charge in [0.1, 0.15) is 6.04 Å². The number of hydrogen-bond acceptors (Lipinski definition) is 2. The van der Waals surface area contributed by atoms with Crippen LogP contribution in [-0.4, -0.2) is 34.5 Å². The molecule has 4 heteroatoms. The second-order valence-corrected chi connectivity index (χ2v) is 5.61. The molecule has 1 N–H and O–H groups in total. The standard InChI is InChI=1S/C17H23NO3/c1-2-13-6-8-14(9-7-13)10-11-16(19)18-12-4-3-5-15(18)17(20)21/h6-9,15H,2-5,10-12H2,1H3,(H,20,21)/t15-/m0/s1. The number of aryl methyl sites for hydroxylation is 2. The van der Waals surface area contributed by atoms with Crippen molar-refractivity contribution in [2.24, 2.45) is 0 Å². The molecule has 0 saturated carbocycles. The minimum Gasteiger partial charge on any atom is -0.480 e. The van der Waals surface area contributed by atoms with Crippen LogP contribution in [0.25, 0.3) is 0 Å². The molecule has 1 amide bonds. The van der Waals surface area contributed by atoms with E-state index in [4.69, 9.17) is 0 Å². The normalized spacial score (nSPS) is 18.5. The fourth-order valence-electron chi connectivity index (χ4n) is 2.82. The van der Waals surface area contributed by atoms with Crippen LogP contribution >= 0.6 is 0 Å². The first-order chi connectivity index (χ1) is 10.1. The van der Waals surface area contributed by atoms with Crippen molar-refractivity contribution in [2.75, 3.05) is 6.54 Å². The number of carbonyl (C=O) groups is 2. The van der Waals surface area contributed by atoms with E-state index >= 15 is 0 Å². The van der Waals surface area contributed by atoms with Crippen molar-refractivity contribution in [3.63, 3.8) is 0 Å². The zero-order valence-electron chi connectivity index (χ0n) is 12.5. The molecule has 1 aliphatic heterocycles. The van der Waals surface area contributed by atoms with Gasteiger partial charge in [0.15, 0.2) is 0 Å². The smallest absolute Gasteiger partial charge is 0.326 e. The molecule has 1 atom stereocenters. The van der Waals surface area contributed by atoms with Crippen LogP contribution in [0.15, 0.2) is 24.3 Å². The van der Waals surface area contributed by atoms with Crippen molar-refractivity contribution in [1.29, 1.82) is 0 Å². The summed E-state index contributed by atoms with van der Waals surface area (Å²) in [6, 6.07) is 7.64. The van der Waals surface area contributed by atoms with Crippen LogP contribution in [0.2, 0.25) is 0 Å². The highest BCUT2D eigenvalue weighted by molar-refractivity contribution is 5.84. The summed E-state index contributed by atoms with van der Waals surface area (Å²) in [7, 11) is 0. The van der Waals surface area contributed by atoms with Gasteiger partial charge in [-0.3, -0.25) is 4.79 Å². The van der Waals surface area contributed by atoms with Crippen LogP contribution in [0.4, 0.5) is 0 Å². The molecule has 1 heterocycles. The number of benzene rings is 1. The predicted octanol–water partition coefficient (Wildman–Crippen LogP) is 2.65. The number of piperidine rings is 1. The molecule has 2 rings (SSSR count). The lowest BCUT2D eigenvalue weighted by Crippen LogP contribution is -2.48. The molecule has 1 saturated heterocycles. The zero-order valence-corrected chi connectivity index (χ0v) is 12.5. The van der Waals surface area contributed by atoms with E-state index in [-0.39, 0.29) is 5.91 Å². The van der Waals surface area contributed by atoms with Crippen LogP contribution in [0, 0.1) is 0 Å². The Morgan fingerprint density at radius 3 is 2.48 bits per heavy atom. The van der Waals surface area contributed by atoms with E-state index in [0.29, 0.717) is 25.8 Å². The number of carboxylic acids is 1. The van der Waals surface area contributed by atoms with Crippen molar-refractivity contribution < 1.29 is 14.7 Å². The van der Waals surface area contributed by atoms with Crippen molar-refractivity contribution >= 4 is 11.9 Å². The Balaban J connectivity index is 1.91. The van der Waals surface area contributed by atoms with Gasteiger partial charge in [-0.05, 0) is 43.2 Å². The Morgan fingerprint density at radius 1 is 1.19 bits per heavy atom. The topological polar surface area (TPSA) is 57.6 Å². The minimum atomic E-state index is -0.879. The molecule has 0 bridgehead atoms. The fraction of sp³-hybridized carbons (Fsp3) is 0.529. The maximum absolute atomic E-state index is 12.3. The molecule has 0 aliphatic carbocycles. The molecular formula is C17H23NO3. The zero-order chi connectivity index (χ0) is 15.2. The van der Waals surface area contributed by atoms with Gasteiger partial charge in [-0.15, -0.1) is 0 Å². The number of amides is 1. The highest BCUT2D eigenvalue weighted by atomic mass is 16.4. The van der Waals surface area contributed by atoms with Crippen molar-refractivity contribution in [1.82, 2.24) is 4.90 Å². The van der Waals surface area contributed by atoms with Gasteiger partial charge < -0.3 is 10.0 Å². The van der Waals surface area contributed by atoms with E-state index in [9.17, 15) is 14.7 Å². The summed E-state index contributed by atoms with van der Waals surface area (Å²) in [6.45, 7) is 2.69. The lowest BCUT2D eigenvalue weighted by molar-refractivity contribution is -0.152. The molecule has 1 fully saturated rings. The fourth-order valence-corrected chi connectivity index (χ4v) is 2.82. The monoisotopic (exact) mass is 289 g/mol. The van der Waals surface area contributed by atoms with Gasteiger partial charge in [0.05, 0.1) is 0 Å².